The van der Waals surface area contributed by atoms with Gasteiger partial charge in [0, 0.05) is 31.7 Å². The summed E-state index contributed by atoms with van der Waals surface area (Å²) >= 11 is 0. The van der Waals surface area contributed by atoms with E-state index < -0.39 is 6.36 Å². The zero-order valence-electron chi connectivity index (χ0n) is 15.6. The van der Waals surface area contributed by atoms with Crippen LogP contribution in [0.25, 0.3) is 10.8 Å². The molecule has 0 spiro atoms. The number of alkyl halides is 3. The van der Waals surface area contributed by atoms with Gasteiger partial charge in [-0.1, -0.05) is 42.5 Å². The van der Waals surface area contributed by atoms with Crippen LogP contribution in [-0.2, 0) is 0 Å². The zero-order valence-corrected chi connectivity index (χ0v) is 15.6. The molecule has 7 heteroatoms. The molecule has 4 nitrogen and oxygen atoms in total. The summed E-state index contributed by atoms with van der Waals surface area (Å²) in [5.74, 6) is -0.0923. The van der Waals surface area contributed by atoms with Gasteiger partial charge >= 0.3 is 6.36 Å². The summed E-state index contributed by atoms with van der Waals surface area (Å²) in [5.41, 5.74) is 1.56. The Balaban J connectivity index is 1.80. The van der Waals surface area contributed by atoms with E-state index in [0.717, 1.165) is 48.1 Å². The van der Waals surface area contributed by atoms with Crippen molar-refractivity contribution < 1.29 is 23.0 Å². The average molecular weight is 402 g/mol. The monoisotopic (exact) mass is 402 g/mol. The molecule has 0 bridgehead atoms. The van der Waals surface area contributed by atoms with Gasteiger partial charge in [0.2, 0.25) is 0 Å². The third-order valence-corrected chi connectivity index (χ3v) is 5.17. The molecule has 1 aliphatic heterocycles. The van der Waals surface area contributed by atoms with Crippen molar-refractivity contribution in [3.63, 3.8) is 0 Å². The van der Waals surface area contributed by atoms with Crippen LogP contribution >= 0.6 is 0 Å². The number of ether oxygens (including phenoxy) is 1. The molecule has 29 heavy (non-hydrogen) atoms. The topological polar surface area (TPSA) is 44.7 Å². The second-order valence-corrected chi connectivity index (χ2v) is 7.02. The van der Waals surface area contributed by atoms with Crippen molar-refractivity contribution in [1.82, 2.24) is 10.2 Å². The Morgan fingerprint density at radius 3 is 2.31 bits per heavy atom. The Hall–Kier alpha value is -2.77. The van der Waals surface area contributed by atoms with Crippen molar-refractivity contribution >= 4 is 10.8 Å². The highest BCUT2D eigenvalue weighted by Gasteiger charge is 2.32. The van der Waals surface area contributed by atoms with Gasteiger partial charge in [0.1, 0.15) is 11.5 Å². The zero-order chi connectivity index (χ0) is 20.4. The number of benzene rings is 3. The van der Waals surface area contributed by atoms with E-state index in [1.165, 1.54) is 12.1 Å². The highest BCUT2D eigenvalue weighted by Crippen LogP contribution is 2.40. The largest absolute Gasteiger partial charge is 0.573 e. The van der Waals surface area contributed by atoms with Gasteiger partial charge in [-0.15, -0.1) is 13.2 Å². The minimum atomic E-state index is -4.73. The molecule has 0 radical (unpaired) electrons. The first kappa shape index (κ1) is 19.5. The van der Waals surface area contributed by atoms with Gasteiger partial charge in [0.15, 0.2) is 0 Å². The molecule has 3 aromatic carbocycles. The lowest BCUT2D eigenvalue weighted by atomic mass is 9.91. The van der Waals surface area contributed by atoms with E-state index in [1.807, 2.05) is 30.3 Å². The van der Waals surface area contributed by atoms with Crippen LogP contribution in [0.3, 0.4) is 0 Å². The number of nitrogens with one attached hydrogen (secondary N) is 1. The molecule has 4 rings (SSSR count). The van der Waals surface area contributed by atoms with Crippen LogP contribution in [0.5, 0.6) is 11.5 Å². The number of hydrogen-bond acceptors (Lipinski definition) is 4. The van der Waals surface area contributed by atoms with E-state index >= 15 is 0 Å². The number of phenols is 1. The van der Waals surface area contributed by atoms with E-state index in [2.05, 4.69) is 15.0 Å². The molecule has 1 atom stereocenters. The predicted octanol–water partition coefficient (Wildman–Crippen LogP) is 4.44. The Morgan fingerprint density at radius 2 is 1.62 bits per heavy atom. The highest BCUT2D eigenvalue weighted by molar-refractivity contribution is 5.88. The maximum Gasteiger partial charge on any atom is 0.573 e. The lowest BCUT2D eigenvalue weighted by molar-refractivity contribution is -0.274. The second kappa shape index (κ2) is 7.93. The standard InChI is InChI=1S/C22H21F3N2O2/c23-22(24,25)29-17-8-5-16(6-9-17)21(27-13-11-26-12-14-27)20-18-4-2-1-3-15(18)7-10-19(20)28/h1-10,21,26,28H,11-14H2/t21-/m1/s1. The molecule has 0 saturated carbocycles. The van der Waals surface area contributed by atoms with Crippen LogP contribution < -0.4 is 10.1 Å². The first-order valence-electron chi connectivity index (χ1n) is 9.43. The van der Waals surface area contributed by atoms with Crippen molar-refractivity contribution in [2.45, 2.75) is 12.4 Å². The van der Waals surface area contributed by atoms with Crippen LogP contribution in [0, 0.1) is 0 Å². The molecule has 1 heterocycles. The van der Waals surface area contributed by atoms with Crippen molar-refractivity contribution in [1.29, 1.82) is 0 Å². The number of rotatable bonds is 4. The molecule has 0 aromatic heterocycles. The number of piperazine rings is 1. The Kier molecular flexibility index (Phi) is 5.34. The first-order chi connectivity index (χ1) is 13.9. The maximum absolute atomic E-state index is 12.5. The van der Waals surface area contributed by atoms with Crippen molar-refractivity contribution in [3.8, 4) is 11.5 Å². The van der Waals surface area contributed by atoms with Crippen LogP contribution in [0.15, 0.2) is 60.7 Å². The summed E-state index contributed by atoms with van der Waals surface area (Å²) in [6.45, 7) is 3.12. The van der Waals surface area contributed by atoms with Gasteiger partial charge < -0.3 is 15.2 Å². The number of fused-ring (bicyclic) bond motifs is 1. The van der Waals surface area contributed by atoms with Gasteiger partial charge in [-0.25, -0.2) is 0 Å². The quantitative estimate of drug-likeness (QED) is 0.677. The molecule has 0 aliphatic carbocycles. The number of halogens is 3. The van der Waals surface area contributed by atoms with E-state index in [0.29, 0.717) is 0 Å². The van der Waals surface area contributed by atoms with E-state index in [1.54, 1.807) is 18.2 Å². The molecular formula is C22H21F3N2O2. The van der Waals surface area contributed by atoms with E-state index in [-0.39, 0.29) is 17.5 Å². The molecular weight excluding hydrogens is 381 g/mol. The van der Waals surface area contributed by atoms with Crippen molar-refractivity contribution in [2.75, 3.05) is 26.2 Å². The van der Waals surface area contributed by atoms with Crippen LogP contribution in [-0.4, -0.2) is 42.5 Å². The SMILES string of the molecule is Oc1ccc2ccccc2c1[C@@H](c1ccc(OC(F)(F)F)cc1)N1CCNCC1. The summed E-state index contributed by atoms with van der Waals surface area (Å²) in [7, 11) is 0. The Bertz CT molecular complexity index is 984. The Morgan fingerprint density at radius 1 is 0.931 bits per heavy atom. The molecule has 1 aliphatic rings. The molecule has 0 amide bonds. The summed E-state index contributed by atoms with van der Waals surface area (Å²) < 4.78 is 41.5. The van der Waals surface area contributed by atoms with E-state index in [9.17, 15) is 18.3 Å². The normalized spacial score (nSPS) is 16.7. The molecule has 2 N–H and O–H groups in total. The van der Waals surface area contributed by atoms with Gasteiger partial charge in [-0.05, 0) is 34.5 Å². The lowest BCUT2D eigenvalue weighted by Crippen LogP contribution is -2.45. The highest BCUT2D eigenvalue weighted by atomic mass is 19.4. The molecule has 1 saturated heterocycles. The van der Waals surface area contributed by atoms with Crippen LogP contribution in [0.4, 0.5) is 13.2 Å². The fraction of sp³-hybridized carbons (Fsp3) is 0.273. The third-order valence-electron chi connectivity index (χ3n) is 5.17. The third kappa shape index (κ3) is 4.31. The fourth-order valence-corrected chi connectivity index (χ4v) is 3.92. The molecule has 152 valence electrons. The van der Waals surface area contributed by atoms with Gasteiger partial charge in [0.25, 0.3) is 0 Å². The Labute approximate surface area is 166 Å². The van der Waals surface area contributed by atoms with Gasteiger partial charge in [-0.3, -0.25) is 4.90 Å². The second-order valence-electron chi connectivity index (χ2n) is 7.02. The number of aromatic hydroxyl groups is 1. The van der Waals surface area contributed by atoms with Gasteiger partial charge in [0.05, 0.1) is 6.04 Å². The van der Waals surface area contributed by atoms with Crippen LogP contribution in [0.1, 0.15) is 17.2 Å². The maximum atomic E-state index is 12.5. The lowest BCUT2D eigenvalue weighted by Gasteiger charge is -2.36. The molecule has 0 unspecified atom stereocenters. The van der Waals surface area contributed by atoms with E-state index in [4.69, 9.17) is 0 Å². The summed E-state index contributed by atoms with van der Waals surface area (Å²) in [6.07, 6.45) is -4.73. The smallest absolute Gasteiger partial charge is 0.508 e. The van der Waals surface area contributed by atoms with Crippen molar-refractivity contribution in [2.24, 2.45) is 0 Å². The predicted molar refractivity (Wildman–Crippen MR) is 105 cm³/mol. The number of nitrogens with zero attached hydrogens (tertiary/aromatic N) is 1. The summed E-state index contributed by atoms with van der Waals surface area (Å²) in [5, 5.41) is 16.0. The number of hydrogen-bond donors (Lipinski definition) is 2. The molecule has 1 fully saturated rings. The fourth-order valence-electron chi connectivity index (χ4n) is 3.92. The minimum absolute atomic E-state index is 0.169. The minimum Gasteiger partial charge on any atom is -0.508 e. The first-order valence-corrected chi connectivity index (χ1v) is 9.43. The van der Waals surface area contributed by atoms with Crippen LogP contribution in [0.2, 0.25) is 0 Å². The average Bonchev–Trinajstić information content (AvgIpc) is 2.71. The number of phenolic OH excluding ortho intramolecular Hbond substituents is 1. The summed E-state index contributed by atoms with van der Waals surface area (Å²) in [6, 6.07) is 16.9. The van der Waals surface area contributed by atoms with Crippen molar-refractivity contribution in [3.05, 3.63) is 71.8 Å². The molecule has 3 aromatic rings. The summed E-state index contributed by atoms with van der Waals surface area (Å²) in [4.78, 5) is 2.23. The van der Waals surface area contributed by atoms with Gasteiger partial charge in [-0.2, -0.15) is 0 Å².